The van der Waals surface area contributed by atoms with Crippen LogP contribution in [-0.2, 0) is 21.3 Å². The molecule has 1 unspecified atom stereocenters. The van der Waals surface area contributed by atoms with Gasteiger partial charge in [0.2, 0.25) is 10.0 Å². The van der Waals surface area contributed by atoms with Gasteiger partial charge in [-0.2, -0.15) is 0 Å². The number of rotatable bonds is 7. The molecule has 20 heavy (non-hydrogen) atoms. The van der Waals surface area contributed by atoms with E-state index in [4.69, 9.17) is 4.74 Å². The summed E-state index contributed by atoms with van der Waals surface area (Å²) in [7, 11) is -0.547. The summed E-state index contributed by atoms with van der Waals surface area (Å²) in [6.45, 7) is 3.73. The summed E-state index contributed by atoms with van der Waals surface area (Å²) in [4.78, 5) is -0.0361. The Bertz CT molecular complexity index is 561. The van der Waals surface area contributed by atoms with E-state index < -0.39 is 15.8 Å². The van der Waals surface area contributed by atoms with E-state index in [0.717, 1.165) is 0 Å². The molecule has 0 radical (unpaired) electrons. The first kappa shape index (κ1) is 17.0. The van der Waals surface area contributed by atoms with Gasteiger partial charge in [-0.3, -0.25) is 0 Å². The maximum absolute atomic E-state index is 13.8. The molecule has 0 heterocycles. The highest BCUT2D eigenvalue weighted by molar-refractivity contribution is 7.89. The smallest absolute Gasteiger partial charge is 0.241 e. The molecular formula is C13H21FN2O3S. The first-order valence-electron chi connectivity index (χ1n) is 6.28. The van der Waals surface area contributed by atoms with Crippen molar-refractivity contribution in [1.82, 2.24) is 10.0 Å². The van der Waals surface area contributed by atoms with Crippen LogP contribution < -0.4 is 10.0 Å². The van der Waals surface area contributed by atoms with Crippen molar-refractivity contribution < 1.29 is 17.5 Å². The van der Waals surface area contributed by atoms with E-state index in [1.165, 1.54) is 26.2 Å². The first-order valence-corrected chi connectivity index (χ1v) is 7.76. The summed E-state index contributed by atoms with van der Waals surface area (Å²) in [6, 6.07) is 2.82. The monoisotopic (exact) mass is 304 g/mol. The highest BCUT2D eigenvalue weighted by Crippen LogP contribution is 2.20. The molecule has 0 spiro atoms. The van der Waals surface area contributed by atoms with Gasteiger partial charge in [-0.15, -0.1) is 0 Å². The molecule has 1 aromatic rings. The average Bonchev–Trinajstić information content (AvgIpc) is 2.40. The third-order valence-electron chi connectivity index (χ3n) is 2.99. The number of nitrogens with one attached hydrogen (secondary N) is 2. The lowest BCUT2D eigenvalue weighted by molar-refractivity contribution is 0.122. The molecule has 1 rings (SSSR count). The van der Waals surface area contributed by atoms with E-state index in [9.17, 15) is 12.8 Å². The molecule has 0 aliphatic rings. The van der Waals surface area contributed by atoms with Gasteiger partial charge >= 0.3 is 0 Å². The van der Waals surface area contributed by atoms with Gasteiger partial charge in [0.15, 0.2) is 0 Å². The lowest BCUT2D eigenvalue weighted by Crippen LogP contribution is -2.32. The summed E-state index contributed by atoms with van der Waals surface area (Å²) in [5.41, 5.74) is 0.693. The minimum Gasteiger partial charge on any atom is -0.380 e. The van der Waals surface area contributed by atoms with Crippen molar-refractivity contribution in [3.63, 3.8) is 0 Å². The normalized spacial score (nSPS) is 13.4. The Morgan fingerprint density at radius 3 is 2.60 bits per heavy atom. The quantitative estimate of drug-likeness (QED) is 0.793. The van der Waals surface area contributed by atoms with Crippen LogP contribution in [0.1, 0.15) is 18.1 Å². The highest BCUT2D eigenvalue weighted by atomic mass is 32.2. The lowest BCUT2D eigenvalue weighted by atomic mass is 10.1. The fraction of sp³-hybridized carbons (Fsp3) is 0.538. The number of hydrogen-bond acceptors (Lipinski definition) is 4. The van der Waals surface area contributed by atoms with Gasteiger partial charge in [0.05, 0.1) is 11.0 Å². The standard InChI is InChI=1S/C13H21FN2O3S/c1-9(19-4)7-16-20(17,18)13-6-11(8-15-3)5-12(14)10(13)2/h5-6,9,15-16H,7-8H2,1-4H3. The summed E-state index contributed by atoms with van der Waals surface area (Å²) >= 11 is 0. The van der Waals surface area contributed by atoms with Crippen molar-refractivity contribution in [1.29, 1.82) is 0 Å². The number of hydrogen-bond donors (Lipinski definition) is 2. The molecule has 0 amide bonds. The summed E-state index contributed by atoms with van der Waals surface area (Å²) in [5.74, 6) is -0.530. The zero-order chi connectivity index (χ0) is 15.3. The first-order chi connectivity index (χ1) is 9.31. The van der Waals surface area contributed by atoms with Crippen LogP contribution >= 0.6 is 0 Å². The molecule has 0 aliphatic heterocycles. The fourth-order valence-electron chi connectivity index (χ4n) is 1.68. The zero-order valence-corrected chi connectivity index (χ0v) is 13.0. The third-order valence-corrected chi connectivity index (χ3v) is 4.54. The van der Waals surface area contributed by atoms with Crippen LogP contribution in [-0.4, -0.2) is 35.2 Å². The molecule has 0 aliphatic carbocycles. The Kier molecular flexibility index (Phi) is 6.07. The number of benzene rings is 1. The SMILES string of the molecule is CNCc1cc(F)c(C)c(S(=O)(=O)NCC(C)OC)c1. The molecule has 0 bridgehead atoms. The van der Waals surface area contributed by atoms with Crippen LogP contribution in [0.3, 0.4) is 0 Å². The second-order valence-corrected chi connectivity index (χ2v) is 6.36. The van der Waals surface area contributed by atoms with Crippen molar-refractivity contribution in [3.05, 3.63) is 29.1 Å². The Labute approximate surface area is 119 Å². The third kappa shape index (κ3) is 4.24. The molecule has 0 fully saturated rings. The molecule has 0 aromatic heterocycles. The van der Waals surface area contributed by atoms with Gasteiger partial charge in [-0.05, 0) is 38.6 Å². The van der Waals surface area contributed by atoms with E-state index >= 15 is 0 Å². The molecule has 5 nitrogen and oxygen atoms in total. The number of halogens is 1. The molecule has 0 saturated heterocycles. The van der Waals surface area contributed by atoms with Crippen molar-refractivity contribution in [2.75, 3.05) is 20.7 Å². The van der Waals surface area contributed by atoms with Crippen molar-refractivity contribution in [2.45, 2.75) is 31.4 Å². The van der Waals surface area contributed by atoms with Gasteiger partial charge in [0, 0.05) is 25.8 Å². The molecule has 114 valence electrons. The predicted molar refractivity (Wildman–Crippen MR) is 75.6 cm³/mol. The largest absolute Gasteiger partial charge is 0.380 e. The summed E-state index contributed by atoms with van der Waals surface area (Å²) < 4.78 is 45.7. The fourth-order valence-corrected chi connectivity index (χ4v) is 3.10. The van der Waals surface area contributed by atoms with E-state index in [1.54, 1.807) is 14.0 Å². The minimum absolute atomic E-state index is 0.0361. The molecular weight excluding hydrogens is 283 g/mol. The Morgan fingerprint density at radius 2 is 2.05 bits per heavy atom. The van der Waals surface area contributed by atoms with E-state index in [-0.39, 0.29) is 23.1 Å². The van der Waals surface area contributed by atoms with Crippen molar-refractivity contribution in [3.8, 4) is 0 Å². The van der Waals surface area contributed by atoms with Crippen LogP contribution in [0, 0.1) is 12.7 Å². The topological polar surface area (TPSA) is 67.4 Å². The van der Waals surface area contributed by atoms with Crippen molar-refractivity contribution in [2.24, 2.45) is 0 Å². The number of sulfonamides is 1. The molecule has 7 heteroatoms. The highest BCUT2D eigenvalue weighted by Gasteiger charge is 2.20. The van der Waals surface area contributed by atoms with Crippen LogP contribution in [0.2, 0.25) is 0 Å². The zero-order valence-electron chi connectivity index (χ0n) is 12.2. The molecule has 1 atom stereocenters. The van der Waals surface area contributed by atoms with E-state index in [1.807, 2.05) is 0 Å². The molecule has 0 saturated carbocycles. The average molecular weight is 304 g/mol. The summed E-state index contributed by atoms with van der Waals surface area (Å²) in [5, 5.41) is 2.87. The van der Waals surface area contributed by atoms with Crippen LogP contribution in [0.15, 0.2) is 17.0 Å². The Morgan fingerprint density at radius 1 is 1.40 bits per heavy atom. The van der Waals surface area contributed by atoms with Gasteiger partial charge in [0.25, 0.3) is 0 Å². The van der Waals surface area contributed by atoms with Gasteiger partial charge in [0.1, 0.15) is 5.82 Å². The predicted octanol–water partition coefficient (Wildman–Crippen LogP) is 1.17. The van der Waals surface area contributed by atoms with E-state index in [2.05, 4.69) is 10.0 Å². The number of ether oxygens (including phenoxy) is 1. The second kappa shape index (κ2) is 7.12. The van der Waals surface area contributed by atoms with Gasteiger partial charge in [-0.25, -0.2) is 17.5 Å². The summed E-state index contributed by atoms with van der Waals surface area (Å²) in [6.07, 6.45) is -0.254. The maximum atomic E-state index is 13.8. The van der Waals surface area contributed by atoms with Crippen LogP contribution in [0.25, 0.3) is 0 Å². The lowest BCUT2D eigenvalue weighted by Gasteiger charge is -2.14. The minimum atomic E-state index is -3.76. The van der Waals surface area contributed by atoms with Gasteiger partial charge < -0.3 is 10.1 Å². The van der Waals surface area contributed by atoms with Gasteiger partial charge in [-0.1, -0.05) is 0 Å². The Hall–Kier alpha value is -1.02. The second-order valence-electron chi connectivity index (χ2n) is 4.63. The molecule has 2 N–H and O–H groups in total. The molecule has 1 aromatic carbocycles. The van der Waals surface area contributed by atoms with Crippen LogP contribution in [0.4, 0.5) is 4.39 Å². The van der Waals surface area contributed by atoms with Crippen molar-refractivity contribution >= 4 is 10.0 Å². The number of methoxy groups -OCH3 is 1. The maximum Gasteiger partial charge on any atom is 0.241 e. The Balaban J connectivity index is 3.10. The van der Waals surface area contributed by atoms with Crippen LogP contribution in [0.5, 0.6) is 0 Å². The van der Waals surface area contributed by atoms with E-state index in [0.29, 0.717) is 12.1 Å².